The fourth-order valence-corrected chi connectivity index (χ4v) is 8.54. The highest BCUT2D eigenvalue weighted by atomic mass is 35.5. The molecule has 40 heavy (non-hydrogen) atoms. The molecule has 0 spiro atoms. The van der Waals surface area contributed by atoms with Crippen LogP contribution >= 0.6 is 34.7 Å². The van der Waals surface area contributed by atoms with Crippen molar-refractivity contribution in [2.45, 2.75) is 42.0 Å². The van der Waals surface area contributed by atoms with Crippen LogP contribution < -0.4 is 9.77 Å². The van der Waals surface area contributed by atoms with E-state index in [-0.39, 0.29) is 28.7 Å². The van der Waals surface area contributed by atoms with Crippen LogP contribution in [0.2, 0.25) is 5.02 Å². The quantitative estimate of drug-likeness (QED) is 0.244. The molecule has 2 unspecified atom stereocenters. The largest absolute Gasteiger partial charge is 0.341 e. The molecule has 3 aliphatic rings. The molecule has 2 saturated heterocycles. The van der Waals surface area contributed by atoms with Gasteiger partial charge in [0, 0.05) is 41.0 Å². The van der Waals surface area contributed by atoms with Gasteiger partial charge in [0.05, 0.1) is 21.6 Å². The summed E-state index contributed by atoms with van der Waals surface area (Å²) in [7, 11) is 0. The number of halogens is 1. The van der Waals surface area contributed by atoms with Gasteiger partial charge in [-0.05, 0) is 49.1 Å². The number of benzene rings is 2. The zero-order chi connectivity index (χ0) is 28.1. The molecule has 0 aliphatic carbocycles. The lowest BCUT2D eigenvalue weighted by atomic mass is 9.83. The van der Waals surface area contributed by atoms with Crippen molar-refractivity contribution >= 4 is 63.8 Å². The number of carbonyl (C=O) groups excluding carboxylic acids is 3. The van der Waals surface area contributed by atoms with Gasteiger partial charge in [0.1, 0.15) is 11.8 Å². The lowest BCUT2D eigenvalue weighted by Crippen LogP contribution is -2.39. The van der Waals surface area contributed by atoms with Gasteiger partial charge in [-0.3, -0.25) is 33.9 Å². The Morgan fingerprint density at radius 1 is 0.975 bits per heavy atom. The third-order valence-corrected chi connectivity index (χ3v) is 10.5. The van der Waals surface area contributed by atoms with Crippen LogP contribution in [-0.2, 0) is 20.9 Å². The first-order valence-corrected chi connectivity index (χ1v) is 14.9. The Bertz CT molecular complexity index is 1580. The van der Waals surface area contributed by atoms with Gasteiger partial charge in [0.15, 0.2) is 0 Å². The average Bonchev–Trinajstić information content (AvgIpc) is 3.40. The van der Waals surface area contributed by atoms with Gasteiger partial charge < -0.3 is 4.90 Å². The Morgan fingerprint density at radius 2 is 1.65 bits per heavy atom. The number of piperidine rings is 1. The van der Waals surface area contributed by atoms with Crippen LogP contribution in [0.15, 0.2) is 58.4 Å². The number of anilines is 1. The first kappa shape index (κ1) is 26.7. The monoisotopic (exact) mass is 598 g/mol. The Labute approximate surface area is 241 Å². The Morgan fingerprint density at radius 3 is 2.30 bits per heavy atom. The molecule has 3 atom stereocenters. The maximum Gasteiger partial charge on any atom is 0.308 e. The van der Waals surface area contributed by atoms with E-state index in [4.69, 9.17) is 11.6 Å². The lowest BCUT2D eigenvalue weighted by Gasteiger charge is -2.31. The van der Waals surface area contributed by atoms with Gasteiger partial charge in [-0.1, -0.05) is 46.8 Å². The number of nitrogens with zero attached hydrogens (tertiary/aromatic N) is 4. The molecule has 6 rings (SSSR count). The molecule has 0 bridgehead atoms. The van der Waals surface area contributed by atoms with E-state index in [1.807, 2.05) is 0 Å². The van der Waals surface area contributed by atoms with Crippen molar-refractivity contribution in [3.63, 3.8) is 0 Å². The highest BCUT2D eigenvalue weighted by Gasteiger charge is 2.56. The van der Waals surface area contributed by atoms with Crippen molar-refractivity contribution in [2.24, 2.45) is 5.92 Å². The number of non-ortho nitro benzene ring substituents is 1. The number of amides is 3. The summed E-state index contributed by atoms with van der Waals surface area (Å²) in [5, 5.41) is 11.3. The van der Waals surface area contributed by atoms with Gasteiger partial charge in [0.25, 0.3) is 5.69 Å². The third kappa shape index (κ3) is 4.53. The van der Waals surface area contributed by atoms with Crippen molar-refractivity contribution in [3.8, 4) is 0 Å². The van der Waals surface area contributed by atoms with E-state index in [0.29, 0.717) is 28.0 Å². The van der Waals surface area contributed by atoms with Crippen LogP contribution in [0.4, 0.5) is 11.4 Å². The summed E-state index contributed by atoms with van der Waals surface area (Å²) in [6.07, 6.45) is 2.92. The SMILES string of the molecule is O=C(Cn1c2c(sc1=O)[C@@H](c1ccc(Cl)cc1)C1C(=O)N(c3ccc([N+](=O)[O-])cc3)C(=O)C1S2)N1CCCCC1. The lowest BCUT2D eigenvalue weighted by molar-refractivity contribution is -0.384. The minimum absolute atomic E-state index is 0.128. The minimum Gasteiger partial charge on any atom is -0.341 e. The molecule has 0 saturated carbocycles. The number of nitro groups is 1. The zero-order valence-electron chi connectivity index (χ0n) is 21.0. The molecular formula is C27H23ClN4O6S2. The van der Waals surface area contributed by atoms with Crippen LogP contribution in [0.5, 0.6) is 0 Å². The molecule has 0 radical (unpaired) electrons. The van der Waals surface area contributed by atoms with E-state index < -0.39 is 33.8 Å². The molecule has 4 heterocycles. The van der Waals surface area contributed by atoms with E-state index in [0.717, 1.165) is 52.8 Å². The number of nitro benzene ring substituents is 1. The molecule has 3 aromatic rings. The van der Waals surface area contributed by atoms with Crippen LogP contribution in [0.1, 0.15) is 35.6 Å². The number of carbonyl (C=O) groups is 3. The highest BCUT2D eigenvalue weighted by Crippen LogP contribution is 2.54. The number of hydrogen-bond donors (Lipinski definition) is 0. The minimum atomic E-state index is -0.846. The zero-order valence-corrected chi connectivity index (χ0v) is 23.4. The molecule has 3 aliphatic heterocycles. The second kappa shape index (κ2) is 10.5. The maximum atomic E-state index is 13.9. The topological polar surface area (TPSA) is 123 Å². The van der Waals surface area contributed by atoms with Crippen molar-refractivity contribution in [1.82, 2.24) is 9.47 Å². The predicted molar refractivity (Wildman–Crippen MR) is 151 cm³/mol. The smallest absolute Gasteiger partial charge is 0.308 e. The van der Waals surface area contributed by atoms with E-state index in [1.54, 1.807) is 29.2 Å². The molecule has 2 aromatic carbocycles. The number of aromatic nitrogens is 1. The van der Waals surface area contributed by atoms with E-state index in [2.05, 4.69) is 0 Å². The van der Waals surface area contributed by atoms with Crippen molar-refractivity contribution in [3.05, 3.63) is 83.8 Å². The predicted octanol–water partition coefficient (Wildman–Crippen LogP) is 4.28. The van der Waals surface area contributed by atoms with Gasteiger partial charge in [-0.2, -0.15) is 0 Å². The first-order chi connectivity index (χ1) is 19.2. The van der Waals surface area contributed by atoms with Crippen LogP contribution in [0.3, 0.4) is 0 Å². The van der Waals surface area contributed by atoms with Crippen LogP contribution in [0.25, 0.3) is 0 Å². The van der Waals surface area contributed by atoms with Crippen LogP contribution in [0, 0.1) is 16.0 Å². The number of rotatable bonds is 5. The summed E-state index contributed by atoms with van der Waals surface area (Å²) < 4.78 is 1.44. The molecule has 10 nitrogen and oxygen atoms in total. The summed E-state index contributed by atoms with van der Waals surface area (Å²) in [6.45, 7) is 1.18. The Kier molecular flexibility index (Phi) is 7.01. The van der Waals surface area contributed by atoms with Crippen molar-refractivity contribution in [1.29, 1.82) is 0 Å². The second-order valence-corrected chi connectivity index (χ2v) is 12.5. The summed E-state index contributed by atoms with van der Waals surface area (Å²) in [5.74, 6) is -2.48. The molecular weight excluding hydrogens is 576 g/mol. The first-order valence-electron chi connectivity index (χ1n) is 12.8. The van der Waals surface area contributed by atoms with Crippen molar-refractivity contribution < 1.29 is 19.3 Å². The third-order valence-electron chi connectivity index (χ3n) is 7.60. The van der Waals surface area contributed by atoms with Gasteiger partial charge in [-0.15, -0.1) is 0 Å². The molecule has 3 amide bonds. The number of likely N-dealkylation sites (tertiary alicyclic amines) is 1. The van der Waals surface area contributed by atoms with Gasteiger partial charge in [0.2, 0.25) is 17.7 Å². The number of hydrogen-bond acceptors (Lipinski definition) is 8. The van der Waals surface area contributed by atoms with E-state index >= 15 is 0 Å². The highest BCUT2D eigenvalue weighted by molar-refractivity contribution is 8.00. The molecule has 13 heteroatoms. The maximum absolute atomic E-state index is 13.9. The fourth-order valence-electron chi connectivity index (χ4n) is 5.64. The van der Waals surface area contributed by atoms with E-state index in [9.17, 15) is 29.3 Å². The van der Waals surface area contributed by atoms with Crippen molar-refractivity contribution in [2.75, 3.05) is 18.0 Å². The Hall–Kier alpha value is -3.48. The standard InChI is InChI=1S/C27H23ClN4O6S2/c28-16-6-4-15(5-7-16)20-21-22(25(35)31(24(21)34)17-8-10-18(11-9-17)32(37)38)39-26-23(20)40-27(36)30(26)14-19(33)29-12-2-1-3-13-29/h4-11,20-22H,1-3,12-14H2/t20-,21?,22?/m0/s1. The summed E-state index contributed by atoms with van der Waals surface area (Å²) in [4.78, 5) is 67.8. The fraction of sp³-hybridized carbons (Fsp3) is 0.333. The van der Waals surface area contributed by atoms with Gasteiger partial charge >= 0.3 is 4.87 Å². The summed E-state index contributed by atoms with van der Waals surface area (Å²) in [5.41, 5.74) is 0.813. The van der Waals surface area contributed by atoms with Gasteiger partial charge in [-0.25, -0.2) is 4.90 Å². The number of thiazole rings is 1. The second-order valence-electron chi connectivity index (χ2n) is 9.94. The van der Waals surface area contributed by atoms with Crippen LogP contribution in [-0.4, -0.2) is 50.5 Å². The van der Waals surface area contributed by atoms with E-state index in [1.165, 1.54) is 28.8 Å². The number of fused-ring (bicyclic) bond motifs is 2. The number of imide groups is 1. The normalized spacial score (nSPS) is 22.3. The molecule has 2 fully saturated rings. The Balaban J connectivity index is 1.41. The summed E-state index contributed by atoms with van der Waals surface area (Å²) >= 11 is 8.27. The number of thioether (sulfide) groups is 1. The molecule has 1 aromatic heterocycles. The molecule has 0 N–H and O–H groups in total. The average molecular weight is 599 g/mol. The molecule has 206 valence electrons. The summed E-state index contributed by atoms with van der Waals surface area (Å²) in [6, 6.07) is 12.2.